The maximum absolute atomic E-state index is 12.9. The molecule has 0 amide bonds. The van der Waals surface area contributed by atoms with E-state index in [9.17, 15) is 14.7 Å². The molecule has 0 heterocycles. The lowest BCUT2D eigenvalue weighted by molar-refractivity contribution is -0.148. The number of carbonyl (C=O) groups excluding carboxylic acids is 2. The second kappa shape index (κ2) is 5.13. The Labute approximate surface area is 137 Å². The average molecular weight is 312 g/mol. The number of carbonyl (C=O) groups is 2. The number of ketones is 2. The van der Waals surface area contributed by atoms with Gasteiger partial charge in [0.1, 0.15) is 0 Å². The minimum absolute atomic E-state index is 0.0849. The zero-order valence-corrected chi connectivity index (χ0v) is 14.1. The Morgan fingerprint density at radius 1 is 1.35 bits per heavy atom. The molecule has 0 aliphatic heterocycles. The van der Waals surface area contributed by atoms with Gasteiger partial charge in [-0.1, -0.05) is 30.4 Å². The van der Waals surface area contributed by atoms with Crippen molar-refractivity contribution >= 4 is 11.6 Å². The van der Waals surface area contributed by atoms with Crippen molar-refractivity contribution in [2.45, 2.75) is 39.2 Å². The van der Waals surface area contributed by atoms with Gasteiger partial charge in [-0.2, -0.15) is 0 Å². The molecule has 0 saturated heterocycles. The molecule has 3 aliphatic carbocycles. The van der Waals surface area contributed by atoms with Crippen molar-refractivity contribution in [1.82, 2.24) is 0 Å². The second-order valence-corrected chi connectivity index (χ2v) is 7.40. The summed E-state index contributed by atoms with van der Waals surface area (Å²) in [5.74, 6) is -1.10. The highest BCUT2D eigenvalue weighted by Gasteiger charge is 2.59. The number of fused-ring (bicyclic) bond motifs is 3. The summed E-state index contributed by atoms with van der Waals surface area (Å²) in [6.07, 6.45) is 5.05. The molecule has 23 heavy (non-hydrogen) atoms. The van der Waals surface area contributed by atoms with Crippen molar-refractivity contribution in [3.8, 4) is 0 Å². The molecule has 3 rings (SSSR count). The number of rotatable bonds is 1. The van der Waals surface area contributed by atoms with E-state index in [0.717, 1.165) is 24.0 Å². The summed E-state index contributed by atoms with van der Waals surface area (Å²) >= 11 is 0. The first-order valence-electron chi connectivity index (χ1n) is 8.20. The van der Waals surface area contributed by atoms with Crippen molar-refractivity contribution in [2.24, 2.45) is 23.7 Å². The highest BCUT2D eigenvalue weighted by molar-refractivity contribution is 6.15. The molecule has 0 spiro atoms. The Kier molecular flexibility index (Phi) is 3.60. The predicted octanol–water partition coefficient (Wildman–Crippen LogP) is 3.17. The third kappa shape index (κ3) is 2.06. The van der Waals surface area contributed by atoms with Gasteiger partial charge in [0.2, 0.25) is 0 Å². The van der Waals surface area contributed by atoms with Crippen LogP contribution in [0.15, 0.2) is 47.6 Å². The van der Waals surface area contributed by atoms with E-state index in [-0.39, 0.29) is 29.3 Å². The van der Waals surface area contributed by atoms with Crippen LogP contribution in [-0.2, 0) is 9.59 Å². The monoisotopic (exact) mass is 312 g/mol. The molecule has 0 aromatic carbocycles. The normalized spacial score (nSPS) is 40.1. The molecule has 0 bridgehead atoms. The SMILES string of the molecule is C=C1CC[C@@H](C(=C)C)[C@@H]2C=C(C)C3(O)C(=O)C=C(C)C(=O)C3[C@@H]12. The number of hydrogen-bond acceptors (Lipinski definition) is 3. The Hall–Kier alpha value is -1.74. The summed E-state index contributed by atoms with van der Waals surface area (Å²) in [6, 6.07) is 0. The molecule has 3 nitrogen and oxygen atoms in total. The number of allylic oxidation sites excluding steroid dienone is 4. The predicted molar refractivity (Wildman–Crippen MR) is 89.6 cm³/mol. The maximum atomic E-state index is 12.9. The molecular weight excluding hydrogens is 288 g/mol. The zero-order chi connectivity index (χ0) is 17.1. The highest BCUT2D eigenvalue weighted by atomic mass is 16.3. The molecule has 3 aliphatic rings. The molecule has 1 fully saturated rings. The summed E-state index contributed by atoms with van der Waals surface area (Å²) in [5.41, 5.74) is 1.37. The minimum Gasteiger partial charge on any atom is -0.376 e. The molecule has 0 aromatic heterocycles. The van der Waals surface area contributed by atoms with E-state index in [0.29, 0.717) is 11.1 Å². The third-order valence-corrected chi connectivity index (χ3v) is 6.01. The first-order valence-corrected chi connectivity index (χ1v) is 8.20. The van der Waals surface area contributed by atoms with Crippen molar-refractivity contribution in [1.29, 1.82) is 0 Å². The molecule has 5 atom stereocenters. The average Bonchev–Trinajstić information content (AvgIpc) is 2.46. The van der Waals surface area contributed by atoms with E-state index in [1.165, 1.54) is 6.08 Å². The van der Waals surface area contributed by atoms with E-state index >= 15 is 0 Å². The van der Waals surface area contributed by atoms with Crippen LogP contribution in [0.1, 0.15) is 33.6 Å². The van der Waals surface area contributed by atoms with Gasteiger partial charge >= 0.3 is 0 Å². The van der Waals surface area contributed by atoms with Crippen LogP contribution in [-0.4, -0.2) is 22.3 Å². The van der Waals surface area contributed by atoms with E-state index in [2.05, 4.69) is 13.2 Å². The topological polar surface area (TPSA) is 54.4 Å². The largest absolute Gasteiger partial charge is 0.376 e. The summed E-state index contributed by atoms with van der Waals surface area (Å²) < 4.78 is 0. The third-order valence-electron chi connectivity index (χ3n) is 6.01. The smallest absolute Gasteiger partial charge is 0.192 e. The maximum Gasteiger partial charge on any atom is 0.192 e. The number of hydrogen-bond donors (Lipinski definition) is 1. The first-order chi connectivity index (χ1) is 10.7. The molecule has 122 valence electrons. The van der Waals surface area contributed by atoms with E-state index in [1.807, 2.05) is 13.0 Å². The van der Waals surface area contributed by atoms with E-state index in [4.69, 9.17) is 0 Å². The summed E-state index contributed by atoms with van der Waals surface area (Å²) in [7, 11) is 0. The first kappa shape index (κ1) is 16.1. The van der Waals surface area contributed by atoms with Crippen LogP contribution < -0.4 is 0 Å². The molecule has 1 saturated carbocycles. The molecule has 0 radical (unpaired) electrons. The fourth-order valence-corrected chi connectivity index (χ4v) is 4.72. The molecule has 0 aromatic rings. The zero-order valence-electron chi connectivity index (χ0n) is 14.1. The second-order valence-electron chi connectivity index (χ2n) is 7.40. The number of aliphatic hydroxyl groups is 1. The number of Topliss-reactive ketones (excluding diaryl/α,β-unsaturated/α-hetero) is 1. The summed E-state index contributed by atoms with van der Waals surface area (Å²) in [5, 5.41) is 11.2. The van der Waals surface area contributed by atoms with Gasteiger partial charge in [-0.25, -0.2) is 0 Å². The lowest BCUT2D eigenvalue weighted by Gasteiger charge is -2.52. The van der Waals surface area contributed by atoms with Crippen molar-refractivity contribution in [2.75, 3.05) is 0 Å². The van der Waals surface area contributed by atoms with Crippen molar-refractivity contribution < 1.29 is 14.7 Å². The van der Waals surface area contributed by atoms with Gasteiger partial charge in [0, 0.05) is 0 Å². The summed E-state index contributed by atoms with van der Waals surface area (Å²) in [6.45, 7) is 13.7. The van der Waals surface area contributed by atoms with Gasteiger partial charge in [0.25, 0.3) is 0 Å². The standard InChI is InChI=1S/C20H24O3/c1-10(2)14-7-6-11(3)17-15(14)9-13(5)20(23)16(21)8-12(4)19(22)18(17)20/h8-9,14-15,17-18,23H,1,3,6-7H2,2,4-5H3/t14-,15-,17-,18?,20?/m0/s1. The quantitative estimate of drug-likeness (QED) is 0.757. The van der Waals surface area contributed by atoms with Crippen LogP contribution in [0, 0.1) is 23.7 Å². The summed E-state index contributed by atoms with van der Waals surface area (Å²) in [4.78, 5) is 25.4. The van der Waals surface area contributed by atoms with Crippen LogP contribution in [0.25, 0.3) is 0 Å². The van der Waals surface area contributed by atoms with Gasteiger partial charge < -0.3 is 5.11 Å². The van der Waals surface area contributed by atoms with Crippen LogP contribution in [0.3, 0.4) is 0 Å². The lowest BCUT2D eigenvalue weighted by atomic mass is 9.52. The molecule has 2 unspecified atom stereocenters. The van der Waals surface area contributed by atoms with E-state index in [1.54, 1.807) is 13.8 Å². The van der Waals surface area contributed by atoms with Gasteiger partial charge in [0.05, 0.1) is 5.92 Å². The Balaban J connectivity index is 2.21. The van der Waals surface area contributed by atoms with Gasteiger partial charge in [0.15, 0.2) is 17.2 Å². The Morgan fingerprint density at radius 3 is 2.61 bits per heavy atom. The fraction of sp³-hybridized carbons (Fsp3) is 0.500. The van der Waals surface area contributed by atoms with Crippen LogP contribution in [0.4, 0.5) is 0 Å². The molecular formula is C20H24O3. The lowest BCUT2D eigenvalue weighted by Crippen LogP contribution is -2.60. The fourth-order valence-electron chi connectivity index (χ4n) is 4.72. The van der Waals surface area contributed by atoms with Crippen LogP contribution in [0.5, 0.6) is 0 Å². The Morgan fingerprint density at radius 2 is 2.00 bits per heavy atom. The minimum atomic E-state index is -1.71. The van der Waals surface area contributed by atoms with Crippen LogP contribution >= 0.6 is 0 Å². The molecule has 3 heteroatoms. The molecule has 1 N–H and O–H groups in total. The van der Waals surface area contributed by atoms with E-state index < -0.39 is 11.5 Å². The van der Waals surface area contributed by atoms with Gasteiger partial charge in [-0.15, -0.1) is 0 Å². The van der Waals surface area contributed by atoms with Crippen molar-refractivity contribution in [3.63, 3.8) is 0 Å². The van der Waals surface area contributed by atoms with Gasteiger partial charge in [-0.3, -0.25) is 9.59 Å². The highest BCUT2D eigenvalue weighted by Crippen LogP contribution is 2.54. The van der Waals surface area contributed by atoms with Crippen LogP contribution in [0.2, 0.25) is 0 Å². The van der Waals surface area contributed by atoms with Gasteiger partial charge in [-0.05, 0) is 68.6 Å². The Bertz CT molecular complexity index is 694. The van der Waals surface area contributed by atoms with Crippen molar-refractivity contribution in [3.05, 3.63) is 47.6 Å².